The topological polar surface area (TPSA) is 54.9 Å². The zero-order chi connectivity index (χ0) is 16.9. The van der Waals surface area contributed by atoms with E-state index in [1.54, 1.807) is 23.1 Å². The van der Waals surface area contributed by atoms with Crippen molar-refractivity contribution in [2.45, 2.75) is 67.1 Å². The van der Waals surface area contributed by atoms with Crippen molar-refractivity contribution in [3.63, 3.8) is 0 Å². The molecule has 1 aromatic heterocycles. The molecule has 0 aliphatic heterocycles. The number of nitrogens with one attached hydrogen (secondary N) is 1. The highest BCUT2D eigenvalue weighted by Crippen LogP contribution is 2.49. The quantitative estimate of drug-likeness (QED) is 0.502. The highest BCUT2D eigenvalue weighted by atomic mass is 32.2. The Morgan fingerprint density at radius 2 is 2.08 bits per heavy atom. The summed E-state index contributed by atoms with van der Waals surface area (Å²) in [6.07, 6.45) is 7.89. The minimum atomic E-state index is 0.130. The van der Waals surface area contributed by atoms with Crippen molar-refractivity contribution in [1.82, 2.24) is 15.5 Å². The van der Waals surface area contributed by atoms with Gasteiger partial charge in [-0.1, -0.05) is 54.6 Å². The molecule has 4 nitrogen and oxygen atoms in total. The third-order valence-electron chi connectivity index (χ3n) is 5.26. The summed E-state index contributed by atoms with van der Waals surface area (Å²) in [6.45, 7) is 4.37. The van der Waals surface area contributed by atoms with Crippen LogP contribution in [0, 0.1) is 17.8 Å². The summed E-state index contributed by atoms with van der Waals surface area (Å²) in [5, 5.41) is 11.6. The fraction of sp³-hybridized carbons (Fsp3) is 0.824. The number of thioether (sulfide) groups is 2. The summed E-state index contributed by atoms with van der Waals surface area (Å²) in [5.41, 5.74) is 0. The van der Waals surface area contributed by atoms with Gasteiger partial charge in [-0.3, -0.25) is 4.79 Å². The lowest BCUT2D eigenvalue weighted by Crippen LogP contribution is -2.40. The highest BCUT2D eigenvalue weighted by Gasteiger charge is 2.42. The van der Waals surface area contributed by atoms with Crippen LogP contribution in [0.25, 0.3) is 0 Å². The summed E-state index contributed by atoms with van der Waals surface area (Å²) in [6, 6.07) is 0.308. The first-order valence-corrected chi connectivity index (χ1v) is 11.8. The van der Waals surface area contributed by atoms with Crippen molar-refractivity contribution in [2.75, 3.05) is 11.5 Å². The smallest absolute Gasteiger partial charge is 0.230 e. The van der Waals surface area contributed by atoms with Gasteiger partial charge in [0.25, 0.3) is 0 Å². The van der Waals surface area contributed by atoms with Gasteiger partial charge in [0.15, 0.2) is 8.68 Å². The van der Waals surface area contributed by atoms with Gasteiger partial charge in [-0.25, -0.2) is 0 Å². The number of carbonyl (C=O) groups excluding carboxylic acids is 1. The molecule has 3 rings (SSSR count). The lowest BCUT2D eigenvalue weighted by atomic mass is 9.84. The molecule has 2 saturated carbocycles. The number of aromatic nitrogens is 2. The molecule has 1 N–H and O–H groups in total. The molecule has 24 heavy (non-hydrogen) atoms. The van der Waals surface area contributed by atoms with Crippen molar-refractivity contribution >= 4 is 40.8 Å². The molecule has 2 bridgehead atoms. The van der Waals surface area contributed by atoms with Crippen LogP contribution in [0.15, 0.2) is 8.68 Å². The summed E-state index contributed by atoms with van der Waals surface area (Å²) >= 11 is 4.88. The van der Waals surface area contributed by atoms with Crippen LogP contribution in [-0.4, -0.2) is 33.7 Å². The van der Waals surface area contributed by atoms with Gasteiger partial charge >= 0.3 is 0 Å². The summed E-state index contributed by atoms with van der Waals surface area (Å²) < 4.78 is 1.92. The fourth-order valence-corrected chi connectivity index (χ4v) is 7.04. The van der Waals surface area contributed by atoms with E-state index < -0.39 is 0 Å². The molecule has 4 unspecified atom stereocenters. The number of amides is 1. The minimum absolute atomic E-state index is 0.130. The van der Waals surface area contributed by atoms with Gasteiger partial charge in [-0.15, -0.1) is 10.2 Å². The average molecular weight is 386 g/mol. The van der Waals surface area contributed by atoms with E-state index in [1.807, 2.05) is 0 Å². The maximum Gasteiger partial charge on any atom is 0.230 e. The van der Waals surface area contributed by atoms with E-state index in [2.05, 4.69) is 29.4 Å². The van der Waals surface area contributed by atoms with Crippen LogP contribution in [-0.2, 0) is 4.79 Å². The molecule has 0 aromatic carbocycles. The molecule has 0 radical (unpaired) electrons. The van der Waals surface area contributed by atoms with Crippen molar-refractivity contribution < 1.29 is 4.79 Å². The second-order valence-corrected chi connectivity index (χ2v) is 10.6. The molecule has 0 spiro atoms. The van der Waals surface area contributed by atoms with Crippen LogP contribution < -0.4 is 5.32 Å². The third kappa shape index (κ3) is 4.88. The number of unbranched alkanes of at least 4 members (excludes halogenated alkanes) is 1. The SMILES string of the molecule is CCCCSc1nnc(SCC(=O)NC(C)C2CC3CCC2C3)s1. The molecule has 0 saturated heterocycles. The molecule has 7 heteroatoms. The third-order valence-corrected chi connectivity index (χ3v) is 8.54. The van der Waals surface area contributed by atoms with Crippen LogP contribution >= 0.6 is 34.9 Å². The summed E-state index contributed by atoms with van der Waals surface area (Å²) in [4.78, 5) is 12.2. The Kier molecular flexibility index (Phi) is 6.87. The van der Waals surface area contributed by atoms with Crippen LogP contribution in [0.3, 0.4) is 0 Å². The van der Waals surface area contributed by atoms with Gasteiger partial charge in [-0.2, -0.15) is 0 Å². The van der Waals surface area contributed by atoms with E-state index >= 15 is 0 Å². The number of nitrogens with zero attached hydrogens (tertiary/aromatic N) is 2. The largest absolute Gasteiger partial charge is 0.353 e. The van der Waals surface area contributed by atoms with Gasteiger partial charge in [0.1, 0.15) is 0 Å². The number of rotatable bonds is 9. The molecular formula is C17H27N3OS3. The van der Waals surface area contributed by atoms with E-state index in [0.29, 0.717) is 17.7 Å². The van der Waals surface area contributed by atoms with E-state index in [4.69, 9.17) is 0 Å². The maximum atomic E-state index is 12.2. The molecule has 134 valence electrons. The van der Waals surface area contributed by atoms with Crippen LogP contribution in [0.2, 0.25) is 0 Å². The minimum Gasteiger partial charge on any atom is -0.353 e. The zero-order valence-corrected chi connectivity index (χ0v) is 16.9. The van der Waals surface area contributed by atoms with E-state index in [0.717, 1.165) is 26.3 Å². The first kappa shape index (κ1) is 18.5. The fourth-order valence-electron chi connectivity index (χ4n) is 4.05. The van der Waals surface area contributed by atoms with Crippen molar-refractivity contribution in [1.29, 1.82) is 0 Å². The highest BCUT2D eigenvalue weighted by molar-refractivity contribution is 8.03. The second kappa shape index (κ2) is 8.90. The average Bonchev–Trinajstić information content (AvgIpc) is 3.30. The van der Waals surface area contributed by atoms with Crippen LogP contribution in [0.4, 0.5) is 0 Å². The Morgan fingerprint density at radius 1 is 1.29 bits per heavy atom. The molecule has 2 fully saturated rings. The number of hydrogen-bond donors (Lipinski definition) is 1. The summed E-state index contributed by atoms with van der Waals surface area (Å²) in [5.74, 6) is 4.14. The van der Waals surface area contributed by atoms with Gasteiger partial charge in [0.05, 0.1) is 5.75 Å². The Bertz CT molecular complexity index is 551. The molecule has 1 aromatic rings. The predicted molar refractivity (Wildman–Crippen MR) is 103 cm³/mol. The first-order valence-electron chi connectivity index (χ1n) is 9.04. The second-order valence-electron chi connectivity index (χ2n) is 7.02. The summed E-state index contributed by atoms with van der Waals surface area (Å²) in [7, 11) is 0. The van der Waals surface area contributed by atoms with Crippen molar-refractivity contribution in [3.05, 3.63) is 0 Å². The van der Waals surface area contributed by atoms with E-state index in [1.165, 1.54) is 50.3 Å². The predicted octanol–water partition coefficient (Wildman–Crippen LogP) is 4.46. The zero-order valence-electron chi connectivity index (χ0n) is 14.5. The molecule has 2 aliphatic rings. The normalized spacial score (nSPS) is 26.7. The van der Waals surface area contributed by atoms with Crippen LogP contribution in [0.1, 0.15) is 52.4 Å². The van der Waals surface area contributed by atoms with E-state index in [-0.39, 0.29) is 5.91 Å². The van der Waals surface area contributed by atoms with Crippen molar-refractivity contribution in [3.8, 4) is 0 Å². The Balaban J connectivity index is 1.38. The monoisotopic (exact) mass is 385 g/mol. The molecular weight excluding hydrogens is 358 g/mol. The Morgan fingerprint density at radius 3 is 2.75 bits per heavy atom. The molecule has 1 heterocycles. The van der Waals surface area contributed by atoms with Gasteiger partial charge in [-0.05, 0) is 50.4 Å². The lowest BCUT2D eigenvalue weighted by Gasteiger charge is -2.28. The standard InChI is InChI=1S/C17H27N3OS3/c1-3-4-7-22-16-19-20-17(24-16)23-10-15(21)18-11(2)14-9-12-5-6-13(14)8-12/h11-14H,3-10H2,1-2H3,(H,18,21). The first-order chi connectivity index (χ1) is 11.7. The van der Waals surface area contributed by atoms with Crippen LogP contribution in [0.5, 0.6) is 0 Å². The van der Waals surface area contributed by atoms with Crippen molar-refractivity contribution in [2.24, 2.45) is 17.8 Å². The van der Waals surface area contributed by atoms with Gasteiger partial charge in [0, 0.05) is 11.8 Å². The Hall–Kier alpha value is -0.270. The van der Waals surface area contributed by atoms with Gasteiger partial charge in [0.2, 0.25) is 5.91 Å². The number of carbonyl (C=O) groups is 1. The molecule has 1 amide bonds. The number of hydrogen-bond acceptors (Lipinski definition) is 6. The number of fused-ring (bicyclic) bond motifs is 2. The van der Waals surface area contributed by atoms with E-state index in [9.17, 15) is 4.79 Å². The lowest BCUT2D eigenvalue weighted by molar-refractivity contribution is -0.119. The molecule has 4 atom stereocenters. The van der Waals surface area contributed by atoms with Gasteiger partial charge < -0.3 is 5.32 Å². The maximum absolute atomic E-state index is 12.2. The molecule has 2 aliphatic carbocycles. The Labute approximate surface area is 157 Å².